The third-order valence-corrected chi connectivity index (χ3v) is 1.55. The van der Waals surface area contributed by atoms with Crippen molar-refractivity contribution in [3.05, 3.63) is 0 Å². The van der Waals surface area contributed by atoms with Crippen LogP contribution in [0.4, 0.5) is 0 Å². The predicted molar refractivity (Wildman–Crippen MR) is 38.0 cm³/mol. The van der Waals surface area contributed by atoms with Crippen LogP contribution in [0.15, 0.2) is 4.99 Å². The van der Waals surface area contributed by atoms with Crippen molar-refractivity contribution in [3.63, 3.8) is 0 Å². The zero-order valence-corrected chi connectivity index (χ0v) is 5.89. The van der Waals surface area contributed by atoms with E-state index in [1.54, 1.807) is 7.11 Å². The number of hydrogen-bond acceptors (Lipinski definition) is 2. The van der Waals surface area contributed by atoms with Crippen LogP contribution in [0.2, 0.25) is 0 Å². The van der Waals surface area contributed by atoms with Gasteiger partial charge in [-0.1, -0.05) is 0 Å². The fourth-order valence-electron chi connectivity index (χ4n) is 1.02. The Labute approximate surface area is 55.9 Å². The predicted octanol–water partition coefficient (Wildman–Crippen LogP) is 1.26. The molecule has 0 saturated heterocycles. The van der Waals surface area contributed by atoms with Gasteiger partial charge in [0, 0.05) is 25.8 Å². The summed E-state index contributed by atoms with van der Waals surface area (Å²) in [4.78, 5) is 4.31. The summed E-state index contributed by atoms with van der Waals surface area (Å²) in [7, 11) is 1.73. The molecule has 1 heterocycles. The summed E-state index contributed by atoms with van der Waals surface area (Å²) in [5.74, 6) is 0. The van der Waals surface area contributed by atoms with E-state index in [0.717, 1.165) is 19.6 Å². The Morgan fingerprint density at radius 3 is 3.11 bits per heavy atom. The van der Waals surface area contributed by atoms with E-state index in [9.17, 15) is 0 Å². The highest BCUT2D eigenvalue weighted by Gasteiger charge is 2.04. The molecular formula is C7H13NO. The third-order valence-electron chi connectivity index (χ3n) is 1.55. The molecular weight excluding hydrogens is 114 g/mol. The second-order valence-corrected chi connectivity index (χ2v) is 2.29. The van der Waals surface area contributed by atoms with Gasteiger partial charge in [-0.15, -0.1) is 0 Å². The Morgan fingerprint density at radius 2 is 2.56 bits per heavy atom. The molecule has 0 fully saturated rings. The van der Waals surface area contributed by atoms with Crippen LogP contribution in [0.5, 0.6) is 0 Å². The van der Waals surface area contributed by atoms with Crippen molar-refractivity contribution in [1.82, 2.24) is 0 Å². The molecule has 0 aromatic carbocycles. The van der Waals surface area contributed by atoms with Gasteiger partial charge in [0.15, 0.2) is 0 Å². The molecule has 2 nitrogen and oxygen atoms in total. The van der Waals surface area contributed by atoms with E-state index >= 15 is 0 Å². The summed E-state index contributed by atoms with van der Waals surface area (Å²) < 4.78 is 4.92. The summed E-state index contributed by atoms with van der Waals surface area (Å²) in [6, 6.07) is 0. The lowest BCUT2D eigenvalue weighted by atomic mass is 10.2. The van der Waals surface area contributed by atoms with Crippen LogP contribution in [0.3, 0.4) is 0 Å². The number of ether oxygens (including phenoxy) is 1. The highest BCUT2D eigenvalue weighted by atomic mass is 16.5. The van der Waals surface area contributed by atoms with Gasteiger partial charge >= 0.3 is 0 Å². The zero-order valence-electron chi connectivity index (χ0n) is 5.89. The van der Waals surface area contributed by atoms with Gasteiger partial charge in [-0.2, -0.15) is 0 Å². The Kier molecular flexibility index (Phi) is 2.71. The molecule has 2 heteroatoms. The van der Waals surface area contributed by atoms with Crippen molar-refractivity contribution < 1.29 is 4.74 Å². The van der Waals surface area contributed by atoms with Crippen LogP contribution in [0.25, 0.3) is 0 Å². The number of rotatable bonds is 3. The SMILES string of the molecule is COCCC1=NCCC1. The average Bonchev–Trinajstić information content (AvgIpc) is 2.34. The maximum Gasteiger partial charge on any atom is 0.0514 e. The molecule has 9 heavy (non-hydrogen) atoms. The van der Waals surface area contributed by atoms with Gasteiger partial charge in [0.2, 0.25) is 0 Å². The van der Waals surface area contributed by atoms with Crippen molar-refractivity contribution in [2.75, 3.05) is 20.3 Å². The fraction of sp³-hybridized carbons (Fsp3) is 0.857. The van der Waals surface area contributed by atoms with Gasteiger partial charge in [-0.25, -0.2) is 0 Å². The second kappa shape index (κ2) is 3.62. The van der Waals surface area contributed by atoms with Gasteiger partial charge in [0.25, 0.3) is 0 Å². The molecule has 0 saturated carbocycles. The Balaban J connectivity index is 2.11. The largest absolute Gasteiger partial charge is 0.384 e. The molecule has 0 N–H and O–H groups in total. The Morgan fingerprint density at radius 1 is 1.67 bits per heavy atom. The quantitative estimate of drug-likeness (QED) is 0.559. The standard InChI is InChI=1S/C7H13NO/c1-9-6-4-7-3-2-5-8-7/h2-6H2,1H3. The highest BCUT2D eigenvalue weighted by Crippen LogP contribution is 2.06. The number of hydrogen-bond donors (Lipinski definition) is 0. The number of aliphatic imine (C=N–C) groups is 1. The van der Waals surface area contributed by atoms with Gasteiger partial charge in [-0.05, 0) is 12.8 Å². The van der Waals surface area contributed by atoms with Crippen molar-refractivity contribution in [2.45, 2.75) is 19.3 Å². The molecule has 1 rings (SSSR count). The lowest BCUT2D eigenvalue weighted by Gasteiger charge is -1.96. The van der Waals surface area contributed by atoms with E-state index < -0.39 is 0 Å². The lowest BCUT2D eigenvalue weighted by Crippen LogP contribution is -1.98. The first kappa shape index (κ1) is 6.75. The van der Waals surface area contributed by atoms with E-state index in [1.165, 1.54) is 18.6 Å². The zero-order chi connectivity index (χ0) is 6.53. The van der Waals surface area contributed by atoms with Crippen LogP contribution in [0, 0.1) is 0 Å². The van der Waals surface area contributed by atoms with Gasteiger partial charge in [0.1, 0.15) is 0 Å². The van der Waals surface area contributed by atoms with E-state index in [4.69, 9.17) is 4.74 Å². The van der Waals surface area contributed by atoms with Crippen molar-refractivity contribution in [3.8, 4) is 0 Å². The van der Waals surface area contributed by atoms with Crippen LogP contribution in [-0.2, 0) is 4.74 Å². The summed E-state index contributed by atoms with van der Waals surface area (Å²) in [5.41, 5.74) is 1.34. The first-order valence-electron chi connectivity index (χ1n) is 3.44. The smallest absolute Gasteiger partial charge is 0.0514 e. The minimum Gasteiger partial charge on any atom is -0.384 e. The summed E-state index contributed by atoms with van der Waals surface area (Å²) >= 11 is 0. The molecule has 1 aliphatic rings. The maximum absolute atomic E-state index is 4.92. The normalized spacial score (nSPS) is 18.1. The van der Waals surface area contributed by atoms with E-state index in [1.807, 2.05) is 0 Å². The highest BCUT2D eigenvalue weighted by molar-refractivity contribution is 5.85. The molecule has 0 atom stereocenters. The number of nitrogens with zero attached hydrogens (tertiary/aromatic N) is 1. The minimum atomic E-state index is 0.832. The molecule has 0 bridgehead atoms. The second-order valence-electron chi connectivity index (χ2n) is 2.29. The van der Waals surface area contributed by atoms with Gasteiger partial charge in [-0.3, -0.25) is 4.99 Å². The van der Waals surface area contributed by atoms with Crippen LogP contribution >= 0.6 is 0 Å². The minimum absolute atomic E-state index is 0.832. The molecule has 0 unspecified atom stereocenters. The molecule has 0 spiro atoms. The summed E-state index contributed by atoms with van der Waals surface area (Å²) in [6.45, 7) is 1.87. The first-order valence-corrected chi connectivity index (χ1v) is 3.44. The van der Waals surface area contributed by atoms with E-state index in [0.29, 0.717) is 0 Å². The van der Waals surface area contributed by atoms with Crippen molar-refractivity contribution in [2.24, 2.45) is 4.99 Å². The Hall–Kier alpha value is -0.370. The van der Waals surface area contributed by atoms with Crippen LogP contribution in [-0.4, -0.2) is 26.0 Å². The van der Waals surface area contributed by atoms with E-state index in [2.05, 4.69) is 4.99 Å². The fourth-order valence-corrected chi connectivity index (χ4v) is 1.02. The molecule has 0 aromatic rings. The third kappa shape index (κ3) is 2.14. The average molecular weight is 127 g/mol. The molecule has 0 radical (unpaired) electrons. The summed E-state index contributed by atoms with van der Waals surface area (Å²) in [5, 5.41) is 0. The monoisotopic (exact) mass is 127 g/mol. The summed E-state index contributed by atoms with van der Waals surface area (Å²) in [6.07, 6.45) is 3.49. The van der Waals surface area contributed by atoms with Crippen LogP contribution in [0.1, 0.15) is 19.3 Å². The van der Waals surface area contributed by atoms with E-state index in [-0.39, 0.29) is 0 Å². The molecule has 0 amide bonds. The Bertz CT molecular complexity index is 109. The maximum atomic E-state index is 4.92. The molecule has 0 aliphatic carbocycles. The van der Waals surface area contributed by atoms with Crippen molar-refractivity contribution in [1.29, 1.82) is 0 Å². The number of methoxy groups -OCH3 is 1. The van der Waals surface area contributed by atoms with Crippen molar-refractivity contribution >= 4 is 5.71 Å². The van der Waals surface area contributed by atoms with Crippen LogP contribution < -0.4 is 0 Å². The lowest BCUT2D eigenvalue weighted by molar-refractivity contribution is 0.207. The van der Waals surface area contributed by atoms with Gasteiger partial charge in [0.05, 0.1) is 6.61 Å². The van der Waals surface area contributed by atoms with Gasteiger partial charge < -0.3 is 4.74 Å². The molecule has 0 aromatic heterocycles. The topological polar surface area (TPSA) is 21.6 Å². The molecule has 1 aliphatic heterocycles. The first-order chi connectivity index (χ1) is 4.43. The molecule has 52 valence electrons.